The standard InChI is InChI=1S/C45H37NSSi/c1-45(2)38-18-8-7-16-36(38)37-28-27-33(29-39(37)45)46(40-19-11-14-30-13-5-6-15-34(30)40)32-25-23-31(24-26-32)35-17-12-22-43-44(35)47-41-20-9-10-21-42(41)48(43,3)4/h5-29H,1-4H3. The van der Waals surface area contributed by atoms with Crippen molar-refractivity contribution in [3.05, 3.63) is 163 Å². The molecule has 0 N–H and O–H groups in total. The van der Waals surface area contributed by atoms with Gasteiger partial charge in [-0.15, -0.1) is 0 Å². The van der Waals surface area contributed by atoms with Crippen molar-refractivity contribution in [3.8, 4) is 22.3 Å². The van der Waals surface area contributed by atoms with Crippen molar-refractivity contribution in [1.82, 2.24) is 0 Å². The van der Waals surface area contributed by atoms with Crippen molar-refractivity contribution in [2.75, 3.05) is 4.90 Å². The van der Waals surface area contributed by atoms with Crippen LogP contribution < -0.4 is 15.3 Å². The van der Waals surface area contributed by atoms with Crippen molar-refractivity contribution in [2.24, 2.45) is 0 Å². The molecule has 0 saturated carbocycles. The first-order valence-corrected chi connectivity index (χ1v) is 20.7. The van der Waals surface area contributed by atoms with E-state index in [4.69, 9.17) is 0 Å². The van der Waals surface area contributed by atoms with E-state index in [0.29, 0.717) is 0 Å². The van der Waals surface area contributed by atoms with Crippen molar-refractivity contribution in [2.45, 2.75) is 42.1 Å². The van der Waals surface area contributed by atoms with Gasteiger partial charge >= 0.3 is 0 Å². The molecule has 1 heterocycles. The zero-order chi connectivity index (χ0) is 32.6. The van der Waals surface area contributed by atoms with Crippen molar-refractivity contribution in [3.63, 3.8) is 0 Å². The molecule has 9 rings (SSSR count). The smallest absolute Gasteiger partial charge is 0.115 e. The molecule has 0 amide bonds. The highest BCUT2D eigenvalue weighted by atomic mass is 32.2. The molecular weight excluding hydrogens is 615 g/mol. The third-order valence-corrected chi connectivity index (χ3v) is 15.9. The molecule has 0 radical (unpaired) electrons. The Bertz CT molecular complexity index is 2380. The molecule has 1 aliphatic carbocycles. The number of nitrogens with zero attached hydrogens (tertiary/aromatic N) is 1. The topological polar surface area (TPSA) is 3.24 Å². The van der Waals surface area contributed by atoms with Gasteiger partial charge in [0.15, 0.2) is 0 Å². The number of benzene rings is 7. The van der Waals surface area contributed by atoms with Crippen LogP contribution in [0, 0.1) is 0 Å². The fourth-order valence-corrected chi connectivity index (χ4v) is 13.7. The van der Waals surface area contributed by atoms with E-state index in [-0.39, 0.29) is 5.41 Å². The summed E-state index contributed by atoms with van der Waals surface area (Å²) in [5.41, 5.74) is 11.5. The molecule has 232 valence electrons. The third kappa shape index (κ3) is 4.38. The number of anilines is 3. The van der Waals surface area contributed by atoms with Crippen molar-refractivity contribution in [1.29, 1.82) is 0 Å². The molecule has 48 heavy (non-hydrogen) atoms. The summed E-state index contributed by atoms with van der Waals surface area (Å²) in [6.07, 6.45) is 0. The number of rotatable bonds is 4. The van der Waals surface area contributed by atoms with E-state index in [9.17, 15) is 0 Å². The summed E-state index contributed by atoms with van der Waals surface area (Å²) in [5, 5.41) is 5.56. The lowest BCUT2D eigenvalue weighted by atomic mass is 9.82. The van der Waals surface area contributed by atoms with Crippen LogP contribution in [0.2, 0.25) is 13.1 Å². The van der Waals surface area contributed by atoms with Crippen LogP contribution >= 0.6 is 11.8 Å². The molecule has 7 aromatic rings. The van der Waals surface area contributed by atoms with Gasteiger partial charge in [0, 0.05) is 32.0 Å². The molecule has 0 bridgehead atoms. The lowest BCUT2D eigenvalue weighted by Crippen LogP contribution is -2.56. The largest absolute Gasteiger partial charge is 0.310 e. The monoisotopic (exact) mass is 651 g/mol. The van der Waals surface area contributed by atoms with Gasteiger partial charge in [-0.1, -0.05) is 154 Å². The minimum Gasteiger partial charge on any atom is -0.310 e. The Labute approximate surface area is 288 Å². The predicted molar refractivity (Wildman–Crippen MR) is 209 cm³/mol. The summed E-state index contributed by atoms with van der Waals surface area (Å²) in [7, 11) is -1.81. The van der Waals surface area contributed by atoms with Crippen LogP contribution in [0.5, 0.6) is 0 Å². The minimum atomic E-state index is -1.81. The Morgan fingerprint density at radius 1 is 0.542 bits per heavy atom. The molecule has 1 nitrogen and oxygen atoms in total. The predicted octanol–water partition coefficient (Wildman–Crippen LogP) is 11.6. The van der Waals surface area contributed by atoms with E-state index in [1.807, 2.05) is 11.8 Å². The Balaban J connectivity index is 1.18. The maximum atomic E-state index is 2.50. The second-order valence-electron chi connectivity index (χ2n) is 14.2. The summed E-state index contributed by atoms with van der Waals surface area (Å²) >= 11 is 1.94. The van der Waals surface area contributed by atoms with Gasteiger partial charge in [-0.05, 0) is 85.5 Å². The maximum absolute atomic E-state index is 2.50. The van der Waals surface area contributed by atoms with Crippen LogP contribution in [0.4, 0.5) is 17.1 Å². The SMILES string of the molecule is CC1(C)c2ccccc2-c2ccc(N(c3ccc(-c4cccc5c4Sc4ccccc4[Si]5(C)C)cc3)c3cccc4ccccc34)cc21. The molecule has 0 aromatic heterocycles. The molecule has 3 heteroatoms. The number of hydrogen-bond donors (Lipinski definition) is 0. The summed E-state index contributed by atoms with van der Waals surface area (Å²) in [5.74, 6) is 0. The van der Waals surface area contributed by atoms with Gasteiger partial charge in [-0.3, -0.25) is 0 Å². The van der Waals surface area contributed by atoms with Gasteiger partial charge < -0.3 is 4.90 Å². The molecule has 1 aliphatic heterocycles. The van der Waals surface area contributed by atoms with Crippen LogP contribution in [0.3, 0.4) is 0 Å². The molecule has 7 aromatic carbocycles. The molecule has 0 unspecified atom stereocenters. The minimum absolute atomic E-state index is 0.0734. The van der Waals surface area contributed by atoms with E-state index in [1.165, 1.54) is 70.5 Å². The highest BCUT2D eigenvalue weighted by Crippen LogP contribution is 2.51. The van der Waals surface area contributed by atoms with Crippen molar-refractivity contribution >= 4 is 58.0 Å². The second-order valence-corrected chi connectivity index (χ2v) is 19.6. The van der Waals surface area contributed by atoms with Crippen LogP contribution in [-0.4, -0.2) is 8.07 Å². The zero-order valence-corrected chi connectivity index (χ0v) is 29.6. The molecular formula is C45H37NSSi. The van der Waals surface area contributed by atoms with Gasteiger partial charge in [0.05, 0.1) is 5.69 Å². The highest BCUT2D eigenvalue weighted by molar-refractivity contribution is 8.00. The van der Waals surface area contributed by atoms with E-state index >= 15 is 0 Å². The molecule has 0 spiro atoms. The fourth-order valence-electron chi connectivity index (χ4n) is 8.15. The normalized spacial score (nSPS) is 14.9. The van der Waals surface area contributed by atoms with Gasteiger partial charge in [-0.25, -0.2) is 0 Å². The van der Waals surface area contributed by atoms with Gasteiger partial charge in [0.2, 0.25) is 0 Å². The fraction of sp³-hybridized carbons (Fsp3) is 0.111. The average Bonchev–Trinajstić information content (AvgIpc) is 3.34. The van der Waals surface area contributed by atoms with E-state index in [0.717, 1.165) is 5.69 Å². The summed E-state index contributed by atoms with van der Waals surface area (Å²) < 4.78 is 0. The highest BCUT2D eigenvalue weighted by Gasteiger charge is 2.37. The molecule has 2 aliphatic rings. The average molecular weight is 652 g/mol. The summed E-state index contributed by atoms with van der Waals surface area (Å²) in [4.78, 5) is 5.29. The molecule has 0 atom stereocenters. The third-order valence-electron chi connectivity index (χ3n) is 10.7. The Hall–Kier alpha value is -4.83. The Morgan fingerprint density at radius 2 is 1.19 bits per heavy atom. The van der Waals surface area contributed by atoms with Gasteiger partial charge in [-0.2, -0.15) is 0 Å². The first kappa shape index (κ1) is 29.3. The van der Waals surface area contributed by atoms with Crippen molar-refractivity contribution < 1.29 is 0 Å². The quantitative estimate of drug-likeness (QED) is 0.174. The van der Waals surface area contributed by atoms with Crippen LogP contribution in [0.15, 0.2) is 161 Å². The van der Waals surface area contributed by atoms with Gasteiger partial charge in [0.1, 0.15) is 8.07 Å². The van der Waals surface area contributed by atoms with Gasteiger partial charge in [0.25, 0.3) is 0 Å². The number of hydrogen-bond acceptors (Lipinski definition) is 2. The first-order valence-electron chi connectivity index (χ1n) is 16.9. The summed E-state index contributed by atoms with van der Waals surface area (Å²) in [6.45, 7) is 9.71. The van der Waals surface area contributed by atoms with E-state index in [1.54, 1.807) is 5.19 Å². The Morgan fingerprint density at radius 3 is 2.06 bits per heavy atom. The molecule has 0 saturated heterocycles. The van der Waals surface area contributed by atoms with Crippen LogP contribution in [0.25, 0.3) is 33.0 Å². The van der Waals surface area contributed by atoms with Crippen LogP contribution in [-0.2, 0) is 5.41 Å². The number of fused-ring (bicyclic) bond motifs is 6. The van der Waals surface area contributed by atoms with Crippen LogP contribution in [0.1, 0.15) is 25.0 Å². The summed E-state index contributed by atoms with van der Waals surface area (Å²) in [6, 6.07) is 56.6. The second kappa shape index (κ2) is 10.8. The maximum Gasteiger partial charge on any atom is 0.115 e. The zero-order valence-electron chi connectivity index (χ0n) is 27.8. The molecule has 0 fully saturated rings. The lowest BCUT2D eigenvalue weighted by molar-refractivity contribution is 0.660. The van der Waals surface area contributed by atoms with E-state index < -0.39 is 8.07 Å². The Kier molecular flexibility index (Phi) is 6.62. The van der Waals surface area contributed by atoms with E-state index in [2.05, 4.69) is 184 Å². The first-order chi connectivity index (χ1) is 23.3. The lowest BCUT2D eigenvalue weighted by Gasteiger charge is -2.34.